The SMILES string of the molecule is CN(c1ccc(-c2ccccc2)cc1)c1ccc2c(c1)C(C)(C)c1ccccc1-2.CN(c1ccc2c(c1)C(C)(C)c1ccccc1-2)c1ccc2c(c1)C(C)(C)c1ccccc1-2.CN(c1ccc2c(c1)C(C)(C)c1ccccc1-2)c1ccc2c(c1)oc1ccccc12.CN(c1ccc2c(c1)C(C)(C)c1ccccc1-2)c1ccc2c(c1)sc1ccccc12. The molecule has 0 unspecified atom stereocenters. The van der Waals surface area contributed by atoms with E-state index in [0.29, 0.717) is 0 Å². The molecule has 16 aromatic carbocycles. The summed E-state index contributed by atoms with van der Waals surface area (Å²) in [6.45, 7) is 23.4. The fourth-order valence-electron chi connectivity index (χ4n) is 20.5. The van der Waals surface area contributed by atoms with Crippen molar-refractivity contribution in [3.63, 3.8) is 0 Å². The van der Waals surface area contributed by atoms with E-state index in [1.54, 1.807) is 0 Å². The number of hydrogen-bond acceptors (Lipinski definition) is 6. The first-order valence-corrected chi connectivity index (χ1v) is 43.4. The van der Waals surface area contributed by atoms with E-state index < -0.39 is 0 Å². The molecule has 5 nitrogen and oxygen atoms in total. The summed E-state index contributed by atoms with van der Waals surface area (Å²) >= 11 is 1.87. The highest BCUT2D eigenvalue weighted by atomic mass is 32.1. The van der Waals surface area contributed by atoms with Gasteiger partial charge in [0.05, 0.1) is 0 Å². The Morgan fingerprint density at radius 1 is 0.190 bits per heavy atom. The van der Waals surface area contributed by atoms with Crippen molar-refractivity contribution in [3.8, 4) is 66.8 Å². The highest BCUT2D eigenvalue weighted by Crippen LogP contribution is 2.56. The van der Waals surface area contributed by atoms with Crippen LogP contribution in [0.5, 0.6) is 0 Å². The molecule has 0 radical (unpaired) electrons. The highest BCUT2D eigenvalue weighted by molar-refractivity contribution is 7.25. The van der Waals surface area contributed by atoms with Gasteiger partial charge in [-0.15, -0.1) is 11.3 Å². The van der Waals surface area contributed by atoms with Gasteiger partial charge in [-0.1, -0.05) is 306 Å². The number of benzene rings is 16. The number of fused-ring (bicyclic) bond motifs is 21. The molecule has 0 atom stereocenters. The Balaban J connectivity index is 0.000000103. The van der Waals surface area contributed by atoms with Gasteiger partial charge in [0, 0.05) is 138 Å². The predicted octanol–water partition coefficient (Wildman–Crippen LogP) is 31.3. The number of rotatable bonds is 9. The number of nitrogens with zero attached hydrogens (tertiary/aromatic N) is 4. The molecule has 5 aliphatic rings. The maximum atomic E-state index is 6.10. The molecule has 5 aliphatic carbocycles. The number of anilines is 8. The summed E-state index contributed by atoms with van der Waals surface area (Å²) in [6.07, 6.45) is 0. The lowest BCUT2D eigenvalue weighted by Gasteiger charge is -2.27. The minimum atomic E-state index is 0.00542. The van der Waals surface area contributed by atoms with Gasteiger partial charge in [-0.3, -0.25) is 0 Å². The van der Waals surface area contributed by atoms with E-state index in [4.69, 9.17) is 4.42 Å². The van der Waals surface area contributed by atoms with Gasteiger partial charge < -0.3 is 24.0 Å². The van der Waals surface area contributed by atoms with Crippen molar-refractivity contribution >= 4 is 98.9 Å². The van der Waals surface area contributed by atoms with Crippen LogP contribution in [-0.2, 0) is 27.1 Å². The van der Waals surface area contributed by atoms with Crippen LogP contribution in [0.25, 0.3) is 109 Å². The average molecular weight is 1590 g/mol. The summed E-state index contributed by atoms with van der Waals surface area (Å²) in [5.41, 5.74) is 41.9. The summed E-state index contributed by atoms with van der Waals surface area (Å²) in [5.74, 6) is 0. The van der Waals surface area contributed by atoms with Gasteiger partial charge in [-0.2, -0.15) is 0 Å². The summed E-state index contributed by atoms with van der Waals surface area (Å²) in [4.78, 5) is 9.15. The fraction of sp³-hybridized carbons (Fsp3) is 0.165. The molecule has 2 aromatic heterocycles. The van der Waals surface area contributed by atoms with Crippen LogP contribution in [0.3, 0.4) is 0 Å². The van der Waals surface area contributed by atoms with Crippen LogP contribution in [0.1, 0.15) is 125 Å². The van der Waals surface area contributed by atoms with Gasteiger partial charge in [-0.05, 0) is 232 Å². The Labute approximate surface area is 716 Å². The lowest BCUT2D eigenvalue weighted by atomic mass is 9.82. The molecule has 6 heteroatoms. The van der Waals surface area contributed by atoms with Crippen LogP contribution in [-0.4, -0.2) is 28.2 Å². The molecule has 0 aliphatic heterocycles. The molecule has 0 fully saturated rings. The van der Waals surface area contributed by atoms with Crippen molar-refractivity contribution in [2.24, 2.45) is 0 Å². The van der Waals surface area contributed by atoms with Gasteiger partial charge in [0.2, 0.25) is 0 Å². The van der Waals surface area contributed by atoms with E-state index in [-0.39, 0.29) is 27.1 Å². The van der Waals surface area contributed by atoms with Crippen LogP contribution >= 0.6 is 11.3 Å². The van der Waals surface area contributed by atoms with E-state index in [1.807, 2.05) is 23.5 Å². The largest absolute Gasteiger partial charge is 0.456 e. The molecular formula is C115H100N4OS. The van der Waals surface area contributed by atoms with Gasteiger partial charge in [-0.25, -0.2) is 0 Å². The molecular weight excluding hydrogens is 1490 g/mol. The van der Waals surface area contributed by atoms with Gasteiger partial charge in [0.1, 0.15) is 11.2 Å². The molecule has 0 spiro atoms. The third kappa shape index (κ3) is 12.6. The van der Waals surface area contributed by atoms with Crippen molar-refractivity contribution in [3.05, 3.63) is 407 Å². The Hall–Kier alpha value is -13.3. The lowest BCUT2D eigenvalue weighted by Crippen LogP contribution is -2.17. The third-order valence-electron chi connectivity index (χ3n) is 27.6. The van der Waals surface area contributed by atoms with Crippen LogP contribution in [0.2, 0.25) is 0 Å². The Morgan fingerprint density at radius 3 is 0.835 bits per heavy atom. The van der Waals surface area contributed by atoms with E-state index >= 15 is 0 Å². The molecule has 23 rings (SSSR count). The molecule has 0 N–H and O–H groups in total. The van der Waals surface area contributed by atoms with Crippen LogP contribution < -0.4 is 19.6 Å². The zero-order valence-electron chi connectivity index (χ0n) is 71.6. The second-order valence-corrected chi connectivity index (χ2v) is 37.3. The smallest absolute Gasteiger partial charge is 0.137 e. The molecule has 0 amide bonds. The van der Waals surface area contributed by atoms with Crippen LogP contribution in [0.4, 0.5) is 45.5 Å². The number of thiophene rings is 1. The molecule has 121 heavy (non-hydrogen) atoms. The Kier molecular flexibility index (Phi) is 18.3. The van der Waals surface area contributed by atoms with E-state index in [2.05, 4.69) is 457 Å². The standard InChI is InChI=1S/C31H29N.C28H23NO.C28H23NS.C28H25N/c1-30(2)26-12-8-6-10-22(26)24-16-14-20(18-28(24)30)32(5)21-15-17-25-23-11-7-9-13-27(23)31(3,4)29(25)19-21;2*1-28(2)24-10-6-4-8-20(24)21-14-12-18(16-25(21)28)29(3)19-13-15-23-22-9-5-7-11-26(22)30-27(23)17-19;1-28(2)26-12-8-7-11-24(26)25-18-17-23(19-27(25)28)29(3)22-15-13-21(14-16-22)20-9-5-4-6-10-20/h6-19H,1-5H3;2*4-17H,1-3H3;4-19H,1-3H3. The zero-order chi connectivity index (χ0) is 83.2. The molecule has 592 valence electrons. The van der Waals surface area contributed by atoms with E-state index in [0.717, 1.165) is 22.2 Å². The van der Waals surface area contributed by atoms with Crippen LogP contribution in [0, 0.1) is 0 Å². The summed E-state index contributed by atoms with van der Waals surface area (Å²) in [5, 5.41) is 5.02. The monoisotopic (exact) mass is 1580 g/mol. The van der Waals surface area contributed by atoms with Gasteiger partial charge >= 0.3 is 0 Å². The summed E-state index contributed by atoms with van der Waals surface area (Å²) in [6, 6.07) is 128. The molecule has 18 aromatic rings. The second-order valence-electron chi connectivity index (χ2n) is 36.2. The van der Waals surface area contributed by atoms with Gasteiger partial charge in [0.15, 0.2) is 0 Å². The lowest BCUT2D eigenvalue weighted by molar-refractivity contribution is 0.659. The summed E-state index contributed by atoms with van der Waals surface area (Å²) < 4.78 is 8.80. The third-order valence-corrected chi connectivity index (χ3v) is 28.8. The van der Waals surface area contributed by atoms with Crippen molar-refractivity contribution in [2.75, 3.05) is 47.8 Å². The summed E-state index contributed by atoms with van der Waals surface area (Å²) in [7, 11) is 8.63. The maximum absolute atomic E-state index is 6.10. The first-order chi connectivity index (χ1) is 58.4. The molecule has 0 saturated carbocycles. The van der Waals surface area contributed by atoms with Gasteiger partial charge in [0.25, 0.3) is 0 Å². The topological polar surface area (TPSA) is 26.1 Å². The normalized spacial score (nSPS) is 14.5. The average Bonchev–Trinajstić information content (AvgIpc) is 1.60. The van der Waals surface area contributed by atoms with Crippen molar-refractivity contribution in [1.29, 1.82) is 0 Å². The quantitative estimate of drug-likeness (QED) is 0.143. The minimum absolute atomic E-state index is 0.00542. The maximum Gasteiger partial charge on any atom is 0.137 e. The second kappa shape index (κ2) is 29.0. The molecule has 0 bridgehead atoms. The number of para-hydroxylation sites is 1. The fourth-order valence-corrected chi connectivity index (χ4v) is 21.6. The molecule has 2 heterocycles. The molecule has 0 saturated heterocycles. The predicted molar refractivity (Wildman–Crippen MR) is 517 cm³/mol. The zero-order valence-corrected chi connectivity index (χ0v) is 72.4. The Bertz CT molecular complexity index is 6820. The highest BCUT2D eigenvalue weighted by Gasteiger charge is 2.41. The van der Waals surface area contributed by atoms with E-state index in [1.165, 1.54) is 188 Å². The van der Waals surface area contributed by atoms with Crippen molar-refractivity contribution in [1.82, 2.24) is 0 Å². The first-order valence-electron chi connectivity index (χ1n) is 42.6. The van der Waals surface area contributed by atoms with Crippen LogP contribution in [0.15, 0.2) is 356 Å². The Morgan fingerprint density at radius 2 is 0.446 bits per heavy atom. The van der Waals surface area contributed by atoms with E-state index in [9.17, 15) is 0 Å². The first kappa shape index (κ1) is 76.4. The number of hydrogen-bond donors (Lipinski definition) is 0. The van der Waals surface area contributed by atoms with Crippen molar-refractivity contribution in [2.45, 2.75) is 96.3 Å². The minimum Gasteiger partial charge on any atom is -0.456 e. The van der Waals surface area contributed by atoms with Crippen molar-refractivity contribution < 1.29 is 4.42 Å². The number of furan rings is 1.